The fraction of sp³-hybridized carbons (Fsp3) is 0.333. The van der Waals surface area contributed by atoms with Crippen LogP contribution in [0, 0.1) is 0 Å². The molecule has 4 rings (SSSR count). The normalized spacial score (nSPS) is 15.4. The number of fused-ring (bicyclic) bond motifs is 1. The molecule has 0 spiro atoms. The average molecular weight is 439 g/mol. The Balaban J connectivity index is 1.61. The van der Waals surface area contributed by atoms with E-state index in [0.717, 1.165) is 29.7 Å². The number of ether oxygens (including phenoxy) is 1. The molecule has 0 fully saturated rings. The largest absolute Gasteiger partial charge is 0.497 e. The van der Waals surface area contributed by atoms with Crippen molar-refractivity contribution in [3.63, 3.8) is 0 Å². The van der Waals surface area contributed by atoms with Crippen molar-refractivity contribution in [2.75, 3.05) is 26.7 Å². The van der Waals surface area contributed by atoms with Gasteiger partial charge >= 0.3 is 0 Å². The van der Waals surface area contributed by atoms with Gasteiger partial charge in [0, 0.05) is 18.0 Å². The van der Waals surface area contributed by atoms with Crippen LogP contribution in [0.5, 0.6) is 5.75 Å². The Morgan fingerprint density at radius 1 is 1.23 bits per heavy atom. The smallest absolute Gasteiger partial charge is 0.290 e. The van der Waals surface area contributed by atoms with Gasteiger partial charge in [-0.05, 0) is 59.7 Å². The summed E-state index contributed by atoms with van der Waals surface area (Å²) in [6, 6.07) is 13.1. The number of nitrogens with zero attached hydrogens (tertiary/aromatic N) is 2. The second kappa shape index (κ2) is 9.39. The first kappa shape index (κ1) is 21.2. The number of hydrogen-bond donors (Lipinski definition) is 0. The van der Waals surface area contributed by atoms with Gasteiger partial charge in [-0.3, -0.25) is 9.59 Å². The maximum Gasteiger partial charge on any atom is 0.290 e. The highest BCUT2D eigenvalue weighted by molar-refractivity contribution is 7.10. The quantitative estimate of drug-likeness (QED) is 0.549. The van der Waals surface area contributed by atoms with Gasteiger partial charge in [0.15, 0.2) is 5.76 Å². The van der Waals surface area contributed by atoms with Gasteiger partial charge in [-0.25, -0.2) is 0 Å². The zero-order valence-corrected chi connectivity index (χ0v) is 18.6. The van der Waals surface area contributed by atoms with Crippen LogP contribution in [0.25, 0.3) is 0 Å². The number of benzene rings is 1. The van der Waals surface area contributed by atoms with E-state index in [2.05, 4.69) is 11.4 Å². The van der Waals surface area contributed by atoms with Crippen LogP contribution in [0.2, 0.25) is 0 Å². The van der Waals surface area contributed by atoms with Crippen LogP contribution in [0.1, 0.15) is 45.9 Å². The van der Waals surface area contributed by atoms with Crippen molar-refractivity contribution in [3.05, 3.63) is 75.9 Å². The number of carbonyl (C=O) groups is 2. The number of carbonyl (C=O) groups excluding carboxylic acids is 2. The molecule has 1 aliphatic heterocycles. The highest BCUT2D eigenvalue weighted by Crippen LogP contribution is 2.38. The zero-order valence-electron chi connectivity index (χ0n) is 17.7. The van der Waals surface area contributed by atoms with Gasteiger partial charge in [-0.1, -0.05) is 19.1 Å². The summed E-state index contributed by atoms with van der Waals surface area (Å²) in [5.41, 5.74) is 2.20. The summed E-state index contributed by atoms with van der Waals surface area (Å²) in [5.74, 6) is 0.716. The zero-order chi connectivity index (χ0) is 21.8. The predicted octanol–water partition coefficient (Wildman–Crippen LogP) is 4.38. The van der Waals surface area contributed by atoms with E-state index in [1.54, 1.807) is 35.5 Å². The second-order valence-electron chi connectivity index (χ2n) is 7.52. The van der Waals surface area contributed by atoms with Crippen LogP contribution < -0.4 is 4.74 Å². The molecule has 0 saturated heterocycles. The minimum Gasteiger partial charge on any atom is -0.497 e. The van der Waals surface area contributed by atoms with Crippen LogP contribution in [-0.4, -0.2) is 48.4 Å². The maximum absolute atomic E-state index is 13.5. The molecule has 0 N–H and O–H groups in total. The van der Waals surface area contributed by atoms with Gasteiger partial charge in [0.1, 0.15) is 12.3 Å². The van der Waals surface area contributed by atoms with E-state index >= 15 is 0 Å². The molecule has 6 nitrogen and oxygen atoms in total. The molecule has 1 aromatic carbocycles. The maximum atomic E-state index is 13.5. The number of furan rings is 1. The van der Waals surface area contributed by atoms with E-state index in [4.69, 9.17) is 9.15 Å². The fourth-order valence-electron chi connectivity index (χ4n) is 4.06. The van der Waals surface area contributed by atoms with Crippen molar-refractivity contribution >= 4 is 23.2 Å². The van der Waals surface area contributed by atoms with Crippen LogP contribution in [0.4, 0.5) is 0 Å². The Labute approximate surface area is 186 Å². The molecule has 1 atom stereocenters. The molecule has 2 aromatic heterocycles. The molecular formula is C24H26N2O4S. The van der Waals surface area contributed by atoms with Gasteiger partial charge in [-0.2, -0.15) is 0 Å². The first-order chi connectivity index (χ1) is 15.1. The standard InChI is InChI=1S/C24H26N2O4S/c1-3-12-25(24(28)20-5-4-14-30-20)16-22(27)26-13-10-21-19(11-15-31-21)23(26)17-6-8-18(29-2)9-7-17/h4-9,11,14-15,23H,3,10,12-13,16H2,1-2H3. The molecule has 0 aliphatic carbocycles. The van der Waals surface area contributed by atoms with Crippen LogP contribution in [-0.2, 0) is 11.2 Å². The average Bonchev–Trinajstić information content (AvgIpc) is 3.49. The van der Waals surface area contributed by atoms with Crippen LogP contribution in [0.15, 0.2) is 58.5 Å². The highest BCUT2D eigenvalue weighted by Gasteiger charge is 2.34. The topological polar surface area (TPSA) is 63.0 Å². The molecule has 0 bridgehead atoms. The van der Waals surface area contributed by atoms with Crippen molar-refractivity contribution in [3.8, 4) is 5.75 Å². The summed E-state index contributed by atoms with van der Waals surface area (Å²) in [7, 11) is 1.64. The molecule has 31 heavy (non-hydrogen) atoms. The Morgan fingerprint density at radius 3 is 2.71 bits per heavy atom. The summed E-state index contributed by atoms with van der Waals surface area (Å²) < 4.78 is 10.6. The van der Waals surface area contributed by atoms with E-state index in [0.29, 0.717) is 13.1 Å². The molecule has 0 radical (unpaired) electrons. The SMILES string of the molecule is CCCN(CC(=O)N1CCc2sccc2C1c1ccc(OC)cc1)C(=O)c1ccco1. The lowest BCUT2D eigenvalue weighted by molar-refractivity contribution is -0.134. The van der Waals surface area contributed by atoms with Gasteiger partial charge < -0.3 is 19.0 Å². The van der Waals surface area contributed by atoms with Crippen LogP contribution >= 0.6 is 11.3 Å². The molecule has 1 unspecified atom stereocenters. The molecule has 3 aromatic rings. The number of amides is 2. The van der Waals surface area contributed by atoms with Crippen molar-refractivity contribution in [1.82, 2.24) is 9.80 Å². The summed E-state index contributed by atoms with van der Waals surface area (Å²) in [5, 5.41) is 2.08. The lowest BCUT2D eigenvalue weighted by Gasteiger charge is -2.37. The number of methoxy groups -OCH3 is 1. The van der Waals surface area contributed by atoms with Crippen LogP contribution in [0.3, 0.4) is 0 Å². The molecule has 3 heterocycles. The van der Waals surface area contributed by atoms with E-state index in [9.17, 15) is 9.59 Å². The third-order valence-electron chi connectivity index (χ3n) is 5.56. The lowest BCUT2D eigenvalue weighted by Crippen LogP contribution is -2.47. The predicted molar refractivity (Wildman–Crippen MR) is 119 cm³/mol. The van der Waals surface area contributed by atoms with E-state index in [1.807, 2.05) is 36.1 Å². The van der Waals surface area contributed by atoms with Crippen molar-refractivity contribution in [2.45, 2.75) is 25.8 Å². The summed E-state index contributed by atoms with van der Waals surface area (Å²) in [6.45, 7) is 3.14. The minimum atomic E-state index is -0.255. The fourth-order valence-corrected chi connectivity index (χ4v) is 4.97. The van der Waals surface area contributed by atoms with Crippen molar-refractivity contribution in [2.24, 2.45) is 0 Å². The third-order valence-corrected chi connectivity index (χ3v) is 6.55. The molecular weight excluding hydrogens is 412 g/mol. The Bertz CT molecular complexity index is 1030. The number of hydrogen-bond acceptors (Lipinski definition) is 5. The van der Waals surface area contributed by atoms with Gasteiger partial charge in [0.05, 0.1) is 19.4 Å². The van der Waals surface area contributed by atoms with Crippen molar-refractivity contribution < 1.29 is 18.7 Å². The summed E-state index contributed by atoms with van der Waals surface area (Å²) >= 11 is 1.73. The van der Waals surface area contributed by atoms with Crippen molar-refractivity contribution in [1.29, 1.82) is 0 Å². The first-order valence-corrected chi connectivity index (χ1v) is 11.3. The van der Waals surface area contributed by atoms with E-state index < -0.39 is 0 Å². The van der Waals surface area contributed by atoms with Gasteiger partial charge in [-0.15, -0.1) is 11.3 Å². The van der Waals surface area contributed by atoms with E-state index in [1.165, 1.54) is 11.1 Å². The minimum absolute atomic E-state index is 0.0273. The van der Waals surface area contributed by atoms with E-state index in [-0.39, 0.29) is 30.2 Å². The lowest BCUT2D eigenvalue weighted by atomic mass is 9.93. The molecule has 7 heteroatoms. The second-order valence-corrected chi connectivity index (χ2v) is 8.52. The summed E-state index contributed by atoms with van der Waals surface area (Å²) in [4.78, 5) is 31.1. The Kier molecular flexibility index (Phi) is 6.42. The molecule has 0 saturated carbocycles. The highest BCUT2D eigenvalue weighted by atomic mass is 32.1. The third kappa shape index (κ3) is 4.37. The molecule has 1 aliphatic rings. The van der Waals surface area contributed by atoms with Gasteiger partial charge in [0.25, 0.3) is 5.91 Å². The first-order valence-electron chi connectivity index (χ1n) is 10.4. The summed E-state index contributed by atoms with van der Waals surface area (Å²) in [6.07, 6.45) is 3.06. The number of thiophene rings is 1. The number of rotatable bonds is 7. The Hall–Kier alpha value is -3.06. The molecule has 2 amide bonds. The van der Waals surface area contributed by atoms with Gasteiger partial charge in [0.2, 0.25) is 5.91 Å². The molecule has 162 valence electrons. The Morgan fingerprint density at radius 2 is 2.03 bits per heavy atom. The monoisotopic (exact) mass is 438 g/mol.